The van der Waals surface area contributed by atoms with Crippen LogP contribution in [0.5, 0.6) is 0 Å². The van der Waals surface area contributed by atoms with E-state index < -0.39 is 23.6 Å². The van der Waals surface area contributed by atoms with E-state index in [1.807, 2.05) is 110 Å². The van der Waals surface area contributed by atoms with Crippen LogP contribution in [0.25, 0.3) is 5.65 Å². The number of rotatable bonds is 13. The lowest BCUT2D eigenvalue weighted by Crippen LogP contribution is -2.55. The molecular weight excluding hydrogens is 609 g/mol. The van der Waals surface area contributed by atoms with Crippen LogP contribution in [0.2, 0.25) is 0 Å². The van der Waals surface area contributed by atoms with Crippen molar-refractivity contribution in [3.8, 4) is 0 Å². The zero-order valence-electron chi connectivity index (χ0n) is 25.4. The zero-order valence-corrected chi connectivity index (χ0v) is 27.0. The van der Waals surface area contributed by atoms with Gasteiger partial charge in [-0.15, -0.1) is 16.9 Å². The Morgan fingerprint density at radius 1 is 0.844 bits per heavy atom. The van der Waals surface area contributed by atoms with Crippen LogP contribution in [0.15, 0.2) is 107 Å². The Labute approximate surface area is 271 Å². The lowest BCUT2D eigenvalue weighted by atomic mass is 9.87. The molecule has 1 fully saturated rings. The molecule has 3 heterocycles. The smallest absolute Gasteiger partial charge is 0.244 e. The van der Waals surface area contributed by atoms with E-state index in [0.29, 0.717) is 28.1 Å². The molecule has 0 saturated carbocycles. The fraction of sp³-hybridized carbons (Fsp3) is 0.324. The van der Waals surface area contributed by atoms with E-state index in [1.165, 1.54) is 23.5 Å². The molecule has 0 radical (unpaired) electrons. The van der Waals surface area contributed by atoms with Crippen molar-refractivity contribution in [2.75, 3.05) is 19.1 Å². The first-order valence-electron chi connectivity index (χ1n) is 14.6. The highest BCUT2D eigenvalue weighted by molar-refractivity contribution is 7.99. The topological polar surface area (TPSA) is 100 Å². The van der Waals surface area contributed by atoms with E-state index in [-0.39, 0.29) is 19.8 Å². The van der Waals surface area contributed by atoms with E-state index in [9.17, 15) is 5.11 Å². The number of imidazole rings is 1. The van der Waals surface area contributed by atoms with Gasteiger partial charge in [-0.25, -0.2) is 14.5 Å². The second-order valence-electron chi connectivity index (χ2n) is 10.9. The minimum Gasteiger partial charge on any atom is -0.374 e. The standard InChI is InChI=1S/C34H36N4O5S2/c1-33(42-22-26-17-11-6-12-18-26)29(41-21-25-15-9-5-10-16-25)27(23-40-20-24-13-7-4-8-14-24)43-34(33,39)28-19-35-30-31(44-2)36-32(45-3)37-38(28)30/h4-19,27,29,39H,20-23H2,1-3H3/t27?,29-,33-,34+/m1/s1. The number of fused-ring (bicyclic) bond motifs is 1. The highest BCUT2D eigenvalue weighted by Crippen LogP contribution is 2.50. The van der Waals surface area contributed by atoms with Crippen molar-refractivity contribution in [1.29, 1.82) is 0 Å². The summed E-state index contributed by atoms with van der Waals surface area (Å²) < 4.78 is 27.8. The first-order valence-corrected chi connectivity index (χ1v) is 17.1. The van der Waals surface area contributed by atoms with Gasteiger partial charge in [0.2, 0.25) is 10.9 Å². The molecule has 1 aliphatic heterocycles. The number of aromatic nitrogens is 4. The van der Waals surface area contributed by atoms with E-state index >= 15 is 0 Å². The van der Waals surface area contributed by atoms with Gasteiger partial charge in [0.25, 0.3) is 0 Å². The number of hydrogen-bond acceptors (Lipinski definition) is 10. The van der Waals surface area contributed by atoms with Gasteiger partial charge in [0.15, 0.2) is 11.2 Å². The second-order valence-corrected chi connectivity index (χ2v) is 12.5. The maximum absolute atomic E-state index is 12.8. The van der Waals surface area contributed by atoms with Crippen LogP contribution in [0, 0.1) is 0 Å². The lowest BCUT2D eigenvalue weighted by molar-refractivity contribution is -0.294. The van der Waals surface area contributed by atoms with Gasteiger partial charge in [0, 0.05) is 0 Å². The normalized spacial score (nSPS) is 23.1. The van der Waals surface area contributed by atoms with Crippen molar-refractivity contribution < 1.29 is 24.1 Å². The van der Waals surface area contributed by atoms with Crippen molar-refractivity contribution in [3.63, 3.8) is 0 Å². The summed E-state index contributed by atoms with van der Waals surface area (Å²) in [5.41, 5.74) is 2.38. The molecule has 3 aromatic carbocycles. The Balaban J connectivity index is 1.41. The van der Waals surface area contributed by atoms with Gasteiger partial charge < -0.3 is 24.1 Å². The molecule has 1 unspecified atom stereocenters. The number of hydrogen-bond donors (Lipinski definition) is 1. The van der Waals surface area contributed by atoms with Crippen LogP contribution in [0.3, 0.4) is 0 Å². The third kappa shape index (κ3) is 6.52. The minimum atomic E-state index is -2.02. The highest BCUT2D eigenvalue weighted by Gasteiger charge is 2.67. The van der Waals surface area contributed by atoms with Crippen LogP contribution >= 0.6 is 23.5 Å². The SMILES string of the molecule is CSc1nc(SC)c2ncc([C@]3(O)OC(COCc4ccccc4)[C@@H](OCc4ccccc4)[C@@]3(C)OCc3ccccc3)n2n1. The van der Waals surface area contributed by atoms with Gasteiger partial charge in [0.1, 0.15) is 22.9 Å². The second kappa shape index (κ2) is 14.0. The van der Waals surface area contributed by atoms with Gasteiger partial charge >= 0.3 is 0 Å². The molecule has 1 aliphatic rings. The third-order valence-electron chi connectivity index (χ3n) is 7.96. The van der Waals surface area contributed by atoms with Crippen LogP contribution < -0.4 is 0 Å². The number of thioether (sulfide) groups is 2. The lowest BCUT2D eigenvalue weighted by Gasteiger charge is -2.39. The largest absolute Gasteiger partial charge is 0.374 e. The average molecular weight is 645 g/mol. The van der Waals surface area contributed by atoms with Gasteiger partial charge in [-0.1, -0.05) is 103 Å². The molecule has 0 bridgehead atoms. The van der Waals surface area contributed by atoms with Crippen LogP contribution in [-0.4, -0.2) is 61.6 Å². The fourth-order valence-electron chi connectivity index (χ4n) is 5.55. The molecule has 0 spiro atoms. The van der Waals surface area contributed by atoms with Crippen LogP contribution in [0.4, 0.5) is 0 Å². The molecule has 2 aromatic heterocycles. The molecule has 45 heavy (non-hydrogen) atoms. The summed E-state index contributed by atoms with van der Waals surface area (Å²) in [6.45, 7) is 2.85. The number of nitrogens with zero attached hydrogens (tertiary/aromatic N) is 4. The zero-order chi connectivity index (χ0) is 31.3. The van der Waals surface area contributed by atoms with E-state index in [0.717, 1.165) is 16.7 Å². The van der Waals surface area contributed by atoms with Gasteiger partial charge in [-0.2, -0.15) is 0 Å². The Kier molecular flexibility index (Phi) is 9.86. The summed E-state index contributed by atoms with van der Waals surface area (Å²) >= 11 is 2.87. The van der Waals surface area contributed by atoms with E-state index in [4.69, 9.17) is 24.0 Å². The molecule has 0 aliphatic carbocycles. The van der Waals surface area contributed by atoms with Gasteiger partial charge in [-0.3, -0.25) is 0 Å². The monoisotopic (exact) mass is 644 g/mol. The number of benzene rings is 3. The third-order valence-corrected chi connectivity index (χ3v) is 9.16. The average Bonchev–Trinajstić information content (AvgIpc) is 3.61. The van der Waals surface area contributed by atoms with Crippen molar-refractivity contribution in [2.45, 2.75) is 60.5 Å². The van der Waals surface area contributed by atoms with Crippen molar-refractivity contribution in [2.24, 2.45) is 0 Å². The summed E-state index contributed by atoms with van der Waals surface area (Å²) in [7, 11) is 0. The first kappa shape index (κ1) is 31.7. The molecule has 11 heteroatoms. The molecule has 9 nitrogen and oxygen atoms in total. The van der Waals surface area contributed by atoms with Gasteiger partial charge in [-0.05, 0) is 36.1 Å². The Morgan fingerprint density at radius 2 is 1.44 bits per heavy atom. The molecule has 6 rings (SSSR count). The Hall–Kier alpha value is -3.29. The molecule has 234 valence electrons. The predicted octanol–water partition coefficient (Wildman–Crippen LogP) is 5.89. The van der Waals surface area contributed by atoms with Crippen molar-refractivity contribution in [3.05, 3.63) is 120 Å². The summed E-state index contributed by atoms with van der Waals surface area (Å²) in [5.74, 6) is -2.02. The van der Waals surface area contributed by atoms with Gasteiger partial charge in [0.05, 0.1) is 32.6 Å². The number of ether oxygens (including phenoxy) is 4. The maximum Gasteiger partial charge on any atom is 0.244 e. The summed E-state index contributed by atoms with van der Waals surface area (Å²) in [6.07, 6.45) is 3.98. The van der Waals surface area contributed by atoms with E-state index in [2.05, 4.69) is 9.97 Å². The van der Waals surface area contributed by atoms with E-state index in [1.54, 1.807) is 10.7 Å². The molecule has 1 saturated heterocycles. The first-order chi connectivity index (χ1) is 21.9. The summed E-state index contributed by atoms with van der Waals surface area (Å²) in [6, 6.07) is 29.7. The minimum absolute atomic E-state index is 0.152. The van der Waals surface area contributed by atoms with Crippen molar-refractivity contribution in [1.82, 2.24) is 19.6 Å². The van der Waals surface area contributed by atoms with Crippen LogP contribution in [-0.2, 0) is 44.6 Å². The highest BCUT2D eigenvalue weighted by atomic mass is 32.2. The quantitative estimate of drug-likeness (QED) is 0.156. The predicted molar refractivity (Wildman–Crippen MR) is 174 cm³/mol. The maximum atomic E-state index is 12.8. The molecular formula is C34H36N4O5S2. The van der Waals surface area contributed by atoms with Crippen molar-refractivity contribution >= 4 is 29.2 Å². The number of aliphatic hydroxyl groups is 1. The molecule has 5 aromatic rings. The fourth-order valence-corrected chi connectivity index (χ4v) is 6.46. The summed E-state index contributed by atoms with van der Waals surface area (Å²) in [5, 5.41) is 18.7. The summed E-state index contributed by atoms with van der Waals surface area (Å²) in [4.78, 5) is 9.23. The van der Waals surface area contributed by atoms with Crippen LogP contribution in [0.1, 0.15) is 29.3 Å². The Morgan fingerprint density at radius 3 is 2.04 bits per heavy atom. The molecule has 0 amide bonds. The molecule has 1 N–H and O–H groups in total. The molecule has 4 atom stereocenters. The Bertz CT molecular complexity index is 1700.